The van der Waals surface area contributed by atoms with E-state index in [1.54, 1.807) is 29.6 Å². The molecule has 2 aromatic rings. The zero-order valence-electron chi connectivity index (χ0n) is 16.5. The van der Waals surface area contributed by atoms with Gasteiger partial charge in [0.15, 0.2) is 11.5 Å². The standard InChI is InChI=1S/C19H24N2O6S2/c1-25-15-11-13(12-16(26-2)18(15)27-3)19(22)20-14-6-8-21(9-7-14)29(23,24)17-5-4-10-28-17/h4-5,10-12,14H,6-9H2,1-3H3,(H,20,22). The molecule has 1 N–H and O–H groups in total. The molecule has 1 fully saturated rings. The van der Waals surface area contributed by atoms with Crippen LogP contribution in [0.4, 0.5) is 0 Å². The number of hydrogen-bond donors (Lipinski definition) is 1. The molecule has 1 aliphatic rings. The van der Waals surface area contributed by atoms with E-state index < -0.39 is 10.0 Å². The van der Waals surface area contributed by atoms with Crippen molar-refractivity contribution in [3.8, 4) is 17.2 Å². The maximum Gasteiger partial charge on any atom is 0.252 e. The summed E-state index contributed by atoms with van der Waals surface area (Å²) in [5.41, 5.74) is 0.383. The van der Waals surface area contributed by atoms with Crippen molar-refractivity contribution in [2.75, 3.05) is 34.4 Å². The molecule has 1 saturated heterocycles. The number of sulfonamides is 1. The second-order valence-corrected chi connectivity index (χ2v) is 9.61. The van der Waals surface area contributed by atoms with E-state index in [0.717, 1.165) is 0 Å². The summed E-state index contributed by atoms with van der Waals surface area (Å²) in [6.45, 7) is 0.723. The summed E-state index contributed by atoms with van der Waals surface area (Å²) in [7, 11) is 1.02. The van der Waals surface area contributed by atoms with Gasteiger partial charge in [0, 0.05) is 24.7 Å². The summed E-state index contributed by atoms with van der Waals surface area (Å²) >= 11 is 1.21. The van der Waals surface area contributed by atoms with E-state index in [1.807, 2.05) is 0 Å². The minimum Gasteiger partial charge on any atom is -0.493 e. The Morgan fingerprint density at radius 1 is 1.10 bits per heavy atom. The zero-order chi connectivity index (χ0) is 21.0. The molecule has 0 radical (unpaired) electrons. The number of benzene rings is 1. The van der Waals surface area contributed by atoms with E-state index in [2.05, 4.69) is 5.32 Å². The molecule has 10 heteroatoms. The van der Waals surface area contributed by atoms with Crippen LogP contribution in [-0.2, 0) is 10.0 Å². The van der Waals surface area contributed by atoms with Gasteiger partial charge in [-0.25, -0.2) is 8.42 Å². The Balaban J connectivity index is 1.66. The summed E-state index contributed by atoms with van der Waals surface area (Å²) in [4.78, 5) is 12.7. The van der Waals surface area contributed by atoms with Crippen molar-refractivity contribution in [2.24, 2.45) is 0 Å². The van der Waals surface area contributed by atoms with E-state index >= 15 is 0 Å². The Hall–Kier alpha value is -2.30. The van der Waals surface area contributed by atoms with Crippen LogP contribution in [0.15, 0.2) is 33.9 Å². The van der Waals surface area contributed by atoms with Crippen molar-refractivity contribution in [2.45, 2.75) is 23.1 Å². The number of amides is 1. The lowest BCUT2D eigenvalue weighted by molar-refractivity contribution is 0.0923. The first-order valence-corrected chi connectivity index (χ1v) is 11.4. The SMILES string of the molecule is COc1cc(C(=O)NC2CCN(S(=O)(=O)c3cccs3)CC2)cc(OC)c1OC. The van der Waals surface area contributed by atoms with Crippen molar-refractivity contribution in [3.05, 3.63) is 35.2 Å². The topological polar surface area (TPSA) is 94.2 Å². The highest BCUT2D eigenvalue weighted by atomic mass is 32.2. The molecule has 0 spiro atoms. The third-order valence-corrected chi connectivity index (χ3v) is 8.08. The van der Waals surface area contributed by atoms with Crippen LogP contribution in [0.1, 0.15) is 23.2 Å². The van der Waals surface area contributed by atoms with E-state index in [9.17, 15) is 13.2 Å². The van der Waals surface area contributed by atoms with Crippen molar-refractivity contribution >= 4 is 27.3 Å². The summed E-state index contributed by atoms with van der Waals surface area (Å²) in [5.74, 6) is 0.935. The van der Waals surface area contributed by atoms with Gasteiger partial charge in [-0.2, -0.15) is 4.31 Å². The first-order valence-electron chi connectivity index (χ1n) is 9.05. The maximum absolute atomic E-state index is 12.7. The molecule has 1 aromatic heterocycles. The largest absolute Gasteiger partial charge is 0.493 e. The van der Waals surface area contributed by atoms with E-state index in [1.165, 1.54) is 37.0 Å². The molecule has 0 bridgehead atoms. The van der Waals surface area contributed by atoms with Crippen LogP contribution in [-0.4, -0.2) is 59.1 Å². The van der Waals surface area contributed by atoms with Crippen LogP contribution in [0, 0.1) is 0 Å². The molecule has 1 aliphatic heterocycles. The van der Waals surface area contributed by atoms with Gasteiger partial charge in [-0.1, -0.05) is 6.07 Å². The second kappa shape index (κ2) is 9.02. The highest BCUT2D eigenvalue weighted by Crippen LogP contribution is 2.38. The van der Waals surface area contributed by atoms with Gasteiger partial charge >= 0.3 is 0 Å². The highest BCUT2D eigenvalue weighted by molar-refractivity contribution is 7.91. The molecular weight excluding hydrogens is 416 g/mol. The van der Waals surface area contributed by atoms with Gasteiger partial charge in [-0.3, -0.25) is 4.79 Å². The van der Waals surface area contributed by atoms with Gasteiger partial charge in [0.1, 0.15) is 4.21 Å². The van der Waals surface area contributed by atoms with Crippen molar-refractivity contribution in [1.29, 1.82) is 0 Å². The van der Waals surface area contributed by atoms with Crippen molar-refractivity contribution in [3.63, 3.8) is 0 Å². The Morgan fingerprint density at radius 2 is 1.72 bits per heavy atom. The molecule has 29 heavy (non-hydrogen) atoms. The van der Waals surface area contributed by atoms with Gasteiger partial charge < -0.3 is 19.5 Å². The minimum atomic E-state index is -3.46. The number of piperidine rings is 1. The lowest BCUT2D eigenvalue weighted by Gasteiger charge is -2.31. The number of hydrogen-bond acceptors (Lipinski definition) is 7. The van der Waals surface area contributed by atoms with Crippen LogP contribution in [0.2, 0.25) is 0 Å². The molecular formula is C19H24N2O6S2. The average Bonchev–Trinajstić information content (AvgIpc) is 3.28. The number of ether oxygens (including phenoxy) is 3. The van der Waals surface area contributed by atoms with Crippen LogP contribution in [0.25, 0.3) is 0 Å². The molecule has 3 rings (SSSR count). The molecule has 8 nitrogen and oxygen atoms in total. The number of rotatable bonds is 7. The van der Waals surface area contributed by atoms with Crippen LogP contribution >= 0.6 is 11.3 Å². The molecule has 0 atom stereocenters. The van der Waals surface area contributed by atoms with Crippen molar-refractivity contribution in [1.82, 2.24) is 9.62 Å². The molecule has 1 amide bonds. The average molecular weight is 441 g/mol. The number of thiophene rings is 1. The number of nitrogens with one attached hydrogen (secondary N) is 1. The maximum atomic E-state index is 12.7. The van der Waals surface area contributed by atoms with Crippen LogP contribution < -0.4 is 19.5 Å². The van der Waals surface area contributed by atoms with Gasteiger partial charge in [-0.15, -0.1) is 11.3 Å². The summed E-state index contributed by atoms with van der Waals surface area (Å²) in [6, 6.07) is 6.40. The van der Waals surface area contributed by atoms with E-state index in [-0.39, 0.29) is 11.9 Å². The molecule has 0 aliphatic carbocycles. The Labute approximate surface area is 174 Å². The minimum absolute atomic E-state index is 0.114. The second-order valence-electron chi connectivity index (χ2n) is 6.50. The number of nitrogens with zero attached hydrogens (tertiary/aromatic N) is 1. The monoisotopic (exact) mass is 440 g/mol. The summed E-state index contributed by atoms with van der Waals surface area (Å²) in [5, 5.41) is 4.72. The fourth-order valence-electron chi connectivity index (χ4n) is 3.26. The number of carbonyl (C=O) groups excluding carboxylic acids is 1. The van der Waals surface area contributed by atoms with Crippen molar-refractivity contribution < 1.29 is 27.4 Å². The fraction of sp³-hybridized carbons (Fsp3) is 0.421. The predicted octanol–water partition coefficient (Wildman–Crippen LogP) is 2.36. The first kappa shape index (κ1) is 21.4. The molecule has 158 valence electrons. The molecule has 1 aromatic carbocycles. The fourth-order valence-corrected chi connectivity index (χ4v) is 5.87. The van der Waals surface area contributed by atoms with Crippen LogP contribution in [0.5, 0.6) is 17.2 Å². The van der Waals surface area contributed by atoms with E-state index in [4.69, 9.17) is 14.2 Å². The predicted molar refractivity (Wildman–Crippen MR) is 110 cm³/mol. The van der Waals surface area contributed by atoms with Gasteiger partial charge in [0.25, 0.3) is 15.9 Å². The van der Waals surface area contributed by atoms with E-state index in [0.29, 0.717) is 53.0 Å². The summed E-state index contributed by atoms with van der Waals surface area (Å²) < 4.78 is 42.9. The third kappa shape index (κ3) is 4.49. The third-order valence-electron chi connectivity index (χ3n) is 4.81. The Bertz CT molecular complexity index is 926. The Morgan fingerprint density at radius 3 is 2.21 bits per heavy atom. The smallest absolute Gasteiger partial charge is 0.252 e. The molecule has 0 saturated carbocycles. The van der Waals surface area contributed by atoms with Gasteiger partial charge in [0.2, 0.25) is 5.75 Å². The lowest BCUT2D eigenvalue weighted by atomic mass is 10.1. The summed E-state index contributed by atoms with van der Waals surface area (Å²) in [6.07, 6.45) is 1.08. The number of carbonyl (C=O) groups is 1. The lowest BCUT2D eigenvalue weighted by Crippen LogP contribution is -2.46. The zero-order valence-corrected chi connectivity index (χ0v) is 18.1. The Kier molecular flexibility index (Phi) is 6.66. The van der Waals surface area contributed by atoms with Gasteiger partial charge in [-0.05, 0) is 36.4 Å². The first-order chi connectivity index (χ1) is 13.9. The molecule has 0 unspecified atom stereocenters. The quantitative estimate of drug-likeness (QED) is 0.710. The van der Waals surface area contributed by atoms with Gasteiger partial charge in [0.05, 0.1) is 21.3 Å². The highest BCUT2D eigenvalue weighted by Gasteiger charge is 2.31. The normalized spacial score (nSPS) is 15.7. The number of methoxy groups -OCH3 is 3. The van der Waals surface area contributed by atoms with Crippen LogP contribution in [0.3, 0.4) is 0 Å². The molecule has 2 heterocycles.